The standard InChI is InChI=1S/C21H23N3O3S2/c1-6-11-24-20(26)17-12(2)13(3)28-19(17)23-21(24)29-14(4)18(25)22-15-9-7-8-10-16(15)27-5/h6-10,14H,1,11H2,2-5H3,(H,22,25). The van der Waals surface area contributed by atoms with Crippen LogP contribution in [0.15, 0.2) is 46.9 Å². The summed E-state index contributed by atoms with van der Waals surface area (Å²) < 4.78 is 6.86. The molecular weight excluding hydrogens is 406 g/mol. The van der Waals surface area contributed by atoms with Crippen LogP contribution in [0.2, 0.25) is 0 Å². The third kappa shape index (κ3) is 4.23. The fraction of sp³-hybridized carbons (Fsp3) is 0.286. The molecule has 0 bridgehead atoms. The number of para-hydroxylation sites is 2. The van der Waals surface area contributed by atoms with Gasteiger partial charge in [-0.15, -0.1) is 17.9 Å². The van der Waals surface area contributed by atoms with E-state index < -0.39 is 5.25 Å². The van der Waals surface area contributed by atoms with Crippen molar-refractivity contribution in [2.45, 2.75) is 37.7 Å². The Labute approximate surface area is 177 Å². The largest absolute Gasteiger partial charge is 0.495 e. The van der Waals surface area contributed by atoms with Gasteiger partial charge in [0, 0.05) is 11.4 Å². The van der Waals surface area contributed by atoms with Gasteiger partial charge < -0.3 is 10.1 Å². The van der Waals surface area contributed by atoms with Gasteiger partial charge in [0.25, 0.3) is 5.56 Å². The second kappa shape index (κ2) is 8.84. The maximum Gasteiger partial charge on any atom is 0.263 e. The Morgan fingerprint density at radius 2 is 2.14 bits per heavy atom. The van der Waals surface area contributed by atoms with Crippen molar-refractivity contribution in [2.24, 2.45) is 0 Å². The molecule has 152 valence electrons. The number of thiophene rings is 1. The van der Waals surface area contributed by atoms with Crippen molar-refractivity contribution < 1.29 is 9.53 Å². The van der Waals surface area contributed by atoms with E-state index in [-0.39, 0.29) is 11.5 Å². The quantitative estimate of drug-likeness (QED) is 0.343. The Morgan fingerprint density at radius 1 is 1.41 bits per heavy atom. The maximum atomic E-state index is 13.1. The number of carbonyl (C=O) groups excluding carboxylic acids is 1. The van der Waals surface area contributed by atoms with Crippen LogP contribution in [0.3, 0.4) is 0 Å². The third-order valence-electron chi connectivity index (χ3n) is 4.58. The van der Waals surface area contributed by atoms with E-state index in [1.54, 1.807) is 36.8 Å². The monoisotopic (exact) mass is 429 g/mol. The number of aromatic nitrogens is 2. The van der Waals surface area contributed by atoms with E-state index in [0.717, 1.165) is 10.4 Å². The molecule has 0 aliphatic heterocycles. The van der Waals surface area contributed by atoms with Crippen LogP contribution >= 0.6 is 23.1 Å². The first-order chi connectivity index (χ1) is 13.9. The van der Waals surface area contributed by atoms with E-state index in [1.807, 2.05) is 26.0 Å². The van der Waals surface area contributed by atoms with E-state index in [9.17, 15) is 9.59 Å². The van der Waals surface area contributed by atoms with Crippen LogP contribution in [-0.4, -0.2) is 27.8 Å². The lowest BCUT2D eigenvalue weighted by molar-refractivity contribution is -0.115. The van der Waals surface area contributed by atoms with E-state index in [4.69, 9.17) is 9.72 Å². The topological polar surface area (TPSA) is 73.2 Å². The predicted molar refractivity (Wildman–Crippen MR) is 120 cm³/mol. The van der Waals surface area contributed by atoms with Crippen LogP contribution in [0.1, 0.15) is 17.4 Å². The first-order valence-electron chi connectivity index (χ1n) is 9.09. The number of benzene rings is 1. The fourth-order valence-electron chi connectivity index (χ4n) is 2.88. The van der Waals surface area contributed by atoms with Gasteiger partial charge in [0.05, 0.1) is 23.4 Å². The molecule has 1 unspecified atom stereocenters. The summed E-state index contributed by atoms with van der Waals surface area (Å²) in [5, 5.41) is 3.56. The van der Waals surface area contributed by atoms with E-state index in [0.29, 0.717) is 33.4 Å². The average molecular weight is 430 g/mol. The van der Waals surface area contributed by atoms with E-state index in [1.165, 1.54) is 23.1 Å². The number of thioether (sulfide) groups is 1. The Balaban J connectivity index is 1.92. The number of amides is 1. The molecule has 1 N–H and O–H groups in total. The molecule has 0 aliphatic rings. The number of fused-ring (bicyclic) bond motifs is 1. The first kappa shape index (κ1) is 21.1. The number of ether oxygens (including phenoxy) is 1. The van der Waals surface area contributed by atoms with Gasteiger partial charge in [-0.3, -0.25) is 14.2 Å². The normalized spacial score (nSPS) is 12.0. The van der Waals surface area contributed by atoms with Gasteiger partial charge in [0.2, 0.25) is 5.91 Å². The van der Waals surface area contributed by atoms with Crippen molar-refractivity contribution in [1.29, 1.82) is 0 Å². The van der Waals surface area contributed by atoms with Crippen molar-refractivity contribution in [3.63, 3.8) is 0 Å². The summed E-state index contributed by atoms with van der Waals surface area (Å²) in [5.74, 6) is 0.392. The predicted octanol–water partition coefficient (Wildman–Crippen LogP) is 4.39. The average Bonchev–Trinajstić information content (AvgIpc) is 2.99. The number of nitrogens with zero attached hydrogens (tertiary/aromatic N) is 2. The minimum atomic E-state index is -0.470. The van der Waals surface area contributed by atoms with Gasteiger partial charge >= 0.3 is 0 Å². The molecule has 6 nitrogen and oxygen atoms in total. The highest BCUT2D eigenvalue weighted by molar-refractivity contribution is 8.00. The van der Waals surface area contributed by atoms with Gasteiger partial charge in [0.1, 0.15) is 10.6 Å². The molecule has 2 heterocycles. The molecule has 0 aliphatic carbocycles. The van der Waals surface area contributed by atoms with Gasteiger partial charge in [-0.25, -0.2) is 4.98 Å². The number of methoxy groups -OCH3 is 1. The molecule has 0 saturated heterocycles. The van der Waals surface area contributed by atoms with Crippen LogP contribution < -0.4 is 15.6 Å². The molecule has 0 fully saturated rings. The summed E-state index contributed by atoms with van der Waals surface area (Å²) >= 11 is 2.75. The molecule has 0 radical (unpaired) electrons. The second-order valence-electron chi connectivity index (χ2n) is 6.51. The van der Waals surface area contributed by atoms with Crippen molar-refractivity contribution in [3.05, 3.63) is 57.7 Å². The molecule has 8 heteroatoms. The van der Waals surface area contributed by atoms with Gasteiger partial charge in [0.15, 0.2) is 5.16 Å². The van der Waals surface area contributed by atoms with Gasteiger partial charge in [-0.1, -0.05) is 30.0 Å². The molecule has 29 heavy (non-hydrogen) atoms. The van der Waals surface area contributed by atoms with Crippen LogP contribution in [0.25, 0.3) is 10.2 Å². The zero-order chi connectivity index (χ0) is 21.1. The number of aryl methyl sites for hydroxylation is 2. The number of hydrogen-bond acceptors (Lipinski definition) is 6. The first-order valence-corrected chi connectivity index (χ1v) is 10.8. The van der Waals surface area contributed by atoms with Crippen LogP contribution in [0, 0.1) is 13.8 Å². The molecule has 2 aromatic heterocycles. The molecule has 0 saturated carbocycles. The summed E-state index contributed by atoms with van der Waals surface area (Å²) in [4.78, 5) is 32.3. The summed E-state index contributed by atoms with van der Waals surface area (Å²) in [6.45, 7) is 9.78. The Hall–Kier alpha value is -2.58. The number of anilines is 1. The van der Waals surface area contributed by atoms with Gasteiger partial charge in [-0.2, -0.15) is 0 Å². The molecule has 1 aromatic carbocycles. The second-order valence-corrected chi connectivity index (χ2v) is 9.02. The zero-order valence-corrected chi connectivity index (χ0v) is 18.4. The summed E-state index contributed by atoms with van der Waals surface area (Å²) in [7, 11) is 1.56. The molecular formula is C21H23N3O3S2. The molecule has 1 atom stereocenters. The summed E-state index contributed by atoms with van der Waals surface area (Å²) in [6.07, 6.45) is 1.66. The van der Waals surface area contributed by atoms with Crippen molar-refractivity contribution in [3.8, 4) is 5.75 Å². The van der Waals surface area contributed by atoms with E-state index >= 15 is 0 Å². The molecule has 0 spiro atoms. The lowest BCUT2D eigenvalue weighted by Crippen LogP contribution is -2.26. The van der Waals surface area contributed by atoms with Crippen LogP contribution in [-0.2, 0) is 11.3 Å². The highest BCUT2D eigenvalue weighted by atomic mass is 32.2. The summed E-state index contributed by atoms with van der Waals surface area (Å²) in [5.41, 5.74) is 1.46. The maximum absolute atomic E-state index is 13.1. The SMILES string of the molecule is C=CCn1c(SC(C)C(=O)Nc2ccccc2OC)nc2sc(C)c(C)c2c1=O. The van der Waals surface area contributed by atoms with Crippen LogP contribution in [0.4, 0.5) is 5.69 Å². The third-order valence-corrected chi connectivity index (χ3v) is 6.77. The Morgan fingerprint density at radius 3 is 2.83 bits per heavy atom. The highest BCUT2D eigenvalue weighted by Gasteiger charge is 2.22. The van der Waals surface area contributed by atoms with Gasteiger partial charge in [-0.05, 0) is 38.5 Å². The molecule has 1 amide bonds. The number of nitrogens with one attached hydrogen (secondary N) is 1. The van der Waals surface area contributed by atoms with Crippen molar-refractivity contribution >= 4 is 44.9 Å². The minimum Gasteiger partial charge on any atom is -0.495 e. The Kier molecular flexibility index (Phi) is 6.44. The molecule has 3 rings (SSSR count). The lowest BCUT2D eigenvalue weighted by atomic mass is 10.2. The zero-order valence-electron chi connectivity index (χ0n) is 16.8. The van der Waals surface area contributed by atoms with E-state index in [2.05, 4.69) is 11.9 Å². The number of rotatable bonds is 7. The number of allylic oxidation sites excluding steroid dienone is 1. The number of carbonyl (C=O) groups is 1. The molecule has 3 aromatic rings. The Bertz CT molecular complexity index is 1130. The van der Waals surface area contributed by atoms with Crippen LogP contribution in [0.5, 0.6) is 5.75 Å². The van der Waals surface area contributed by atoms with Crippen molar-refractivity contribution in [2.75, 3.05) is 12.4 Å². The minimum absolute atomic E-state index is 0.100. The summed E-state index contributed by atoms with van der Waals surface area (Å²) in [6, 6.07) is 7.23. The smallest absolute Gasteiger partial charge is 0.263 e. The highest BCUT2D eigenvalue weighted by Crippen LogP contribution is 2.30. The fourth-order valence-corrected chi connectivity index (χ4v) is 4.87. The number of hydrogen-bond donors (Lipinski definition) is 1. The lowest BCUT2D eigenvalue weighted by Gasteiger charge is -2.16. The van der Waals surface area contributed by atoms with Crippen molar-refractivity contribution in [1.82, 2.24) is 9.55 Å².